The molecule has 96 valence electrons. The number of thiophene rings is 1. The summed E-state index contributed by atoms with van der Waals surface area (Å²) in [5, 5.41) is 2.82. The van der Waals surface area contributed by atoms with Gasteiger partial charge in [-0.2, -0.15) is 0 Å². The van der Waals surface area contributed by atoms with E-state index in [2.05, 4.69) is 22.8 Å². The van der Waals surface area contributed by atoms with Crippen molar-refractivity contribution in [3.63, 3.8) is 0 Å². The summed E-state index contributed by atoms with van der Waals surface area (Å²) in [6.07, 6.45) is 0. The van der Waals surface area contributed by atoms with Crippen LogP contribution in [0.4, 0.5) is 0 Å². The summed E-state index contributed by atoms with van der Waals surface area (Å²) in [7, 11) is 0. The normalized spacial score (nSPS) is 20.6. The molecule has 0 radical (unpaired) electrons. The number of hydrogen-bond acceptors (Lipinski definition) is 4. The molecule has 5 heteroatoms. The smallest absolute Gasteiger partial charge is 0.0565 e. The number of nitrogens with zero attached hydrogens (tertiary/aromatic N) is 2. The molecule has 0 bridgehead atoms. The highest BCUT2D eigenvalue weighted by Gasteiger charge is 2.24. The van der Waals surface area contributed by atoms with Crippen molar-refractivity contribution in [2.24, 2.45) is 5.73 Å². The summed E-state index contributed by atoms with van der Waals surface area (Å²) in [5.41, 5.74) is 5.92. The number of halogens is 1. The first-order valence-corrected chi connectivity index (χ1v) is 7.40. The SMILES string of the molecule is CCN1CCN(C(CN)c2cc(Cl)cs2)CC1. The molecule has 0 saturated carbocycles. The van der Waals surface area contributed by atoms with Gasteiger partial charge in [0.05, 0.1) is 11.1 Å². The molecule has 0 amide bonds. The molecule has 1 aromatic heterocycles. The predicted octanol–water partition coefficient (Wildman–Crippen LogP) is 2.04. The van der Waals surface area contributed by atoms with Gasteiger partial charge in [0.15, 0.2) is 0 Å². The fourth-order valence-electron chi connectivity index (χ4n) is 2.34. The van der Waals surface area contributed by atoms with Gasteiger partial charge in [-0.15, -0.1) is 11.3 Å². The van der Waals surface area contributed by atoms with E-state index in [9.17, 15) is 0 Å². The number of piperazine rings is 1. The van der Waals surface area contributed by atoms with Crippen molar-refractivity contribution in [3.05, 3.63) is 21.3 Å². The van der Waals surface area contributed by atoms with Crippen molar-refractivity contribution < 1.29 is 0 Å². The van der Waals surface area contributed by atoms with E-state index in [4.69, 9.17) is 17.3 Å². The molecule has 0 spiro atoms. The van der Waals surface area contributed by atoms with Crippen LogP contribution in [0, 0.1) is 0 Å². The quantitative estimate of drug-likeness (QED) is 0.911. The van der Waals surface area contributed by atoms with Crippen LogP contribution in [0.1, 0.15) is 17.8 Å². The lowest BCUT2D eigenvalue weighted by Crippen LogP contribution is -2.48. The van der Waals surface area contributed by atoms with Crippen LogP contribution >= 0.6 is 22.9 Å². The molecule has 1 unspecified atom stereocenters. The minimum Gasteiger partial charge on any atom is -0.329 e. The average Bonchev–Trinajstić information content (AvgIpc) is 2.78. The maximum atomic E-state index is 5.99. The highest BCUT2D eigenvalue weighted by atomic mass is 35.5. The molecule has 1 aliphatic heterocycles. The number of likely N-dealkylation sites (N-methyl/N-ethyl adjacent to an activating group) is 1. The highest BCUT2D eigenvalue weighted by molar-refractivity contribution is 7.10. The van der Waals surface area contributed by atoms with E-state index in [0.29, 0.717) is 12.6 Å². The van der Waals surface area contributed by atoms with Crippen LogP contribution < -0.4 is 5.73 Å². The average molecular weight is 274 g/mol. The lowest BCUT2D eigenvalue weighted by Gasteiger charge is -2.38. The van der Waals surface area contributed by atoms with Crippen LogP contribution in [0.5, 0.6) is 0 Å². The highest BCUT2D eigenvalue weighted by Crippen LogP contribution is 2.29. The van der Waals surface area contributed by atoms with Crippen LogP contribution in [0.2, 0.25) is 5.02 Å². The van der Waals surface area contributed by atoms with E-state index < -0.39 is 0 Å². The summed E-state index contributed by atoms with van der Waals surface area (Å²) in [5.74, 6) is 0. The predicted molar refractivity (Wildman–Crippen MR) is 74.8 cm³/mol. The standard InChI is InChI=1S/C12H20ClN3S/c1-2-15-3-5-16(6-4-15)11(8-14)12-7-10(13)9-17-12/h7,9,11H,2-6,8,14H2,1H3. The monoisotopic (exact) mass is 273 g/mol. The largest absolute Gasteiger partial charge is 0.329 e. The Morgan fingerprint density at radius 2 is 2.12 bits per heavy atom. The van der Waals surface area contributed by atoms with Gasteiger partial charge in [0.1, 0.15) is 0 Å². The van der Waals surface area contributed by atoms with Crippen LogP contribution in [0.3, 0.4) is 0 Å². The molecule has 1 fully saturated rings. The van der Waals surface area contributed by atoms with Crippen molar-refractivity contribution >= 4 is 22.9 Å². The zero-order chi connectivity index (χ0) is 12.3. The topological polar surface area (TPSA) is 32.5 Å². The zero-order valence-electron chi connectivity index (χ0n) is 10.2. The van der Waals surface area contributed by atoms with Crippen molar-refractivity contribution in [1.82, 2.24) is 9.80 Å². The second-order valence-corrected chi connectivity index (χ2v) is 5.77. The molecule has 1 aromatic rings. The molecule has 17 heavy (non-hydrogen) atoms. The number of hydrogen-bond donors (Lipinski definition) is 1. The minimum absolute atomic E-state index is 0.339. The summed E-state index contributed by atoms with van der Waals surface area (Å²) in [4.78, 5) is 6.25. The van der Waals surface area contributed by atoms with Crippen molar-refractivity contribution in [2.45, 2.75) is 13.0 Å². The molecule has 1 atom stereocenters. The molecule has 2 rings (SSSR count). The minimum atomic E-state index is 0.339. The van der Waals surface area contributed by atoms with Gasteiger partial charge < -0.3 is 10.6 Å². The van der Waals surface area contributed by atoms with E-state index >= 15 is 0 Å². The summed E-state index contributed by atoms with van der Waals surface area (Å²) in [6.45, 7) is 8.53. The Kier molecular flexibility index (Phi) is 4.82. The third-order valence-corrected chi connectivity index (χ3v) is 4.82. The van der Waals surface area contributed by atoms with Gasteiger partial charge in [-0.05, 0) is 12.6 Å². The lowest BCUT2D eigenvalue weighted by molar-refractivity contribution is 0.103. The molecular formula is C12H20ClN3S. The van der Waals surface area contributed by atoms with Crippen molar-refractivity contribution in [3.8, 4) is 0 Å². The van der Waals surface area contributed by atoms with E-state index in [0.717, 1.165) is 37.7 Å². The molecule has 1 aliphatic rings. The second-order valence-electron chi connectivity index (χ2n) is 4.39. The Bertz CT molecular complexity index is 347. The van der Waals surface area contributed by atoms with Crippen LogP contribution in [0.15, 0.2) is 11.4 Å². The van der Waals surface area contributed by atoms with Crippen molar-refractivity contribution in [1.29, 1.82) is 0 Å². The molecule has 2 N–H and O–H groups in total. The molecule has 0 aliphatic carbocycles. The fourth-order valence-corrected chi connectivity index (χ4v) is 3.57. The molecule has 2 heterocycles. The maximum Gasteiger partial charge on any atom is 0.0565 e. The molecule has 0 aromatic carbocycles. The van der Waals surface area contributed by atoms with Gasteiger partial charge in [-0.1, -0.05) is 18.5 Å². The maximum absolute atomic E-state index is 5.99. The molecular weight excluding hydrogens is 254 g/mol. The number of rotatable bonds is 4. The zero-order valence-corrected chi connectivity index (χ0v) is 11.8. The van der Waals surface area contributed by atoms with Gasteiger partial charge in [0.25, 0.3) is 0 Å². The van der Waals surface area contributed by atoms with E-state index in [1.807, 2.05) is 5.38 Å². The second kappa shape index (κ2) is 6.16. The molecule has 3 nitrogen and oxygen atoms in total. The van der Waals surface area contributed by atoms with Crippen LogP contribution in [-0.2, 0) is 0 Å². The van der Waals surface area contributed by atoms with Gasteiger partial charge >= 0.3 is 0 Å². The van der Waals surface area contributed by atoms with Gasteiger partial charge in [-0.3, -0.25) is 4.90 Å². The Labute approximate surface area is 112 Å². The van der Waals surface area contributed by atoms with Gasteiger partial charge in [-0.25, -0.2) is 0 Å². The third kappa shape index (κ3) is 3.20. The van der Waals surface area contributed by atoms with E-state index in [1.54, 1.807) is 11.3 Å². The molecule has 1 saturated heterocycles. The Morgan fingerprint density at radius 3 is 2.59 bits per heavy atom. The summed E-state index contributed by atoms with van der Waals surface area (Å²) >= 11 is 7.70. The first kappa shape index (κ1) is 13.3. The lowest BCUT2D eigenvalue weighted by atomic mass is 10.1. The van der Waals surface area contributed by atoms with E-state index in [-0.39, 0.29) is 0 Å². The first-order valence-electron chi connectivity index (χ1n) is 6.15. The van der Waals surface area contributed by atoms with Gasteiger partial charge in [0, 0.05) is 43.0 Å². The first-order chi connectivity index (χ1) is 8.24. The summed E-state index contributed by atoms with van der Waals surface area (Å²) < 4.78 is 0. The Hall–Kier alpha value is -0.130. The Morgan fingerprint density at radius 1 is 1.41 bits per heavy atom. The van der Waals surface area contributed by atoms with Gasteiger partial charge in [0.2, 0.25) is 0 Å². The number of nitrogens with two attached hydrogens (primary N) is 1. The van der Waals surface area contributed by atoms with Crippen LogP contribution in [-0.4, -0.2) is 49.1 Å². The van der Waals surface area contributed by atoms with E-state index in [1.165, 1.54) is 4.88 Å². The Balaban J connectivity index is 2.00. The van der Waals surface area contributed by atoms with Crippen molar-refractivity contribution in [2.75, 3.05) is 39.3 Å². The fraction of sp³-hybridized carbons (Fsp3) is 0.667. The third-order valence-electron chi connectivity index (χ3n) is 3.43. The van der Waals surface area contributed by atoms with Crippen LogP contribution in [0.25, 0.3) is 0 Å². The summed E-state index contributed by atoms with van der Waals surface area (Å²) in [6, 6.07) is 2.39.